The fraction of sp³-hybridized carbons (Fsp3) is 0.467. The van der Waals surface area contributed by atoms with Crippen molar-refractivity contribution in [2.45, 2.75) is 33.2 Å². The molecule has 3 nitrogen and oxygen atoms in total. The summed E-state index contributed by atoms with van der Waals surface area (Å²) in [5.74, 6) is 0. The largest absolute Gasteiger partial charge is 0.313 e. The second-order valence-electron chi connectivity index (χ2n) is 5.08. The number of nitriles is 2. The van der Waals surface area contributed by atoms with Gasteiger partial charge in [-0.05, 0) is 50.9 Å². The van der Waals surface area contributed by atoms with Gasteiger partial charge in [-0.2, -0.15) is 10.5 Å². The highest BCUT2D eigenvalue weighted by molar-refractivity contribution is 5.31. The van der Waals surface area contributed by atoms with Crippen LogP contribution in [0.2, 0.25) is 0 Å². The third-order valence-corrected chi connectivity index (χ3v) is 2.87. The van der Waals surface area contributed by atoms with Crippen molar-refractivity contribution in [1.82, 2.24) is 5.32 Å². The summed E-state index contributed by atoms with van der Waals surface area (Å²) >= 11 is 0. The van der Waals surface area contributed by atoms with Crippen molar-refractivity contribution in [2.75, 3.05) is 6.54 Å². The van der Waals surface area contributed by atoms with Gasteiger partial charge in [-0.25, -0.2) is 0 Å². The Bertz CT molecular complexity index is 446. The minimum absolute atomic E-state index is 0.226. The first kappa shape index (κ1) is 14.2. The van der Waals surface area contributed by atoms with Gasteiger partial charge in [0, 0.05) is 6.54 Å². The molecule has 1 aromatic carbocycles. The monoisotopic (exact) mass is 241 g/mol. The van der Waals surface area contributed by atoms with Gasteiger partial charge in [0.25, 0.3) is 0 Å². The van der Waals surface area contributed by atoms with Crippen LogP contribution in [0.5, 0.6) is 0 Å². The van der Waals surface area contributed by atoms with Crippen LogP contribution in [0.15, 0.2) is 24.3 Å². The molecule has 0 amide bonds. The molecule has 0 aromatic heterocycles. The van der Waals surface area contributed by atoms with Crippen molar-refractivity contribution < 1.29 is 0 Å². The zero-order chi connectivity index (χ0) is 13.4. The molecule has 0 aliphatic heterocycles. The molecule has 0 atom stereocenters. The Labute approximate surface area is 109 Å². The first-order chi connectivity index (χ1) is 8.57. The summed E-state index contributed by atoms with van der Waals surface area (Å²) in [5, 5.41) is 20.9. The molecule has 0 spiro atoms. The predicted molar refractivity (Wildman–Crippen MR) is 71.5 cm³/mol. The number of hydrogen-bond acceptors (Lipinski definition) is 3. The Hall–Kier alpha value is -1.84. The average Bonchev–Trinajstić information content (AvgIpc) is 2.39. The standard InChI is InChI=1S/C15H19N3/c1-15(2,12-17)8-3-9-18-11-14-6-4-13(10-16)5-7-14/h4-7,18H,3,8-9,11H2,1-2H3. The Morgan fingerprint density at radius 2 is 1.83 bits per heavy atom. The van der Waals surface area contributed by atoms with Crippen molar-refractivity contribution in [3.8, 4) is 12.1 Å². The molecule has 94 valence electrons. The summed E-state index contributed by atoms with van der Waals surface area (Å²) in [7, 11) is 0. The Kier molecular flexibility index (Phi) is 5.36. The number of hydrogen-bond donors (Lipinski definition) is 1. The SMILES string of the molecule is CC(C)(C#N)CCCNCc1ccc(C#N)cc1. The Morgan fingerprint density at radius 3 is 2.39 bits per heavy atom. The van der Waals surface area contributed by atoms with E-state index in [1.807, 2.05) is 38.1 Å². The van der Waals surface area contributed by atoms with Gasteiger partial charge in [-0.3, -0.25) is 0 Å². The molecule has 0 heterocycles. The molecule has 0 saturated carbocycles. The third-order valence-electron chi connectivity index (χ3n) is 2.87. The van der Waals surface area contributed by atoms with Crippen LogP contribution >= 0.6 is 0 Å². The van der Waals surface area contributed by atoms with E-state index >= 15 is 0 Å². The van der Waals surface area contributed by atoms with E-state index in [-0.39, 0.29) is 5.41 Å². The second kappa shape index (κ2) is 6.79. The van der Waals surface area contributed by atoms with Gasteiger partial charge in [-0.1, -0.05) is 12.1 Å². The minimum atomic E-state index is -0.226. The van der Waals surface area contributed by atoms with Gasteiger partial charge < -0.3 is 5.32 Å². The van der Waals surface area contributed by atoms with E-state index in [0.29, 0.717) is 5.56 Å². The topological polar surface area (TPSA) is 59.6 Å². The molecular weight excluding hydrogens is 222 g/mol. The number of rotatable bonds is 6. The maximum Gasteiger partial charge on any atom is 0.0991 e. The van der Waals surface area contributed by atoms with Crippen LogP contribution < -0.4 is 5.32 Å². The van der Waals surface area contributed by atoms with Crippen LogP contribution in [0.4, 0.5) is 0 Å². The number of nitrogens with zero attached hydrogens (tertiary/aromatic N) is 2. The molecule has 3 heteroatoms. The highest BCUT2D eigenvalue weighted by Gasteiger charge is 2.15. The van der Waals surface area contributed by atoms with Gasteiger partial charge in [0.15, 0.2) is 0 Å². The van der Waals surface area contributed by atoms with Crippen LogP contribution in [-0.4, -0.2) is 6.54 Å². The van der Waals surface area contributed by atoms with Crippen molar-refractivity contribution >= 4 is 0 Å². The average molecular weight is 241 g/mol. The van der Waals surface area contributed by atoms with Crippen LogP contribution in [-0.2, 0) is 6.54 Å². The molecule has 0 unspecified atom stereocenters. The van der Waals surface area contributed by atoms with Crippen LogP contribution in [0, 0.1) is 28.1 Å². The first-order valence-electron chi connectivity index (χ1n) is 6.18. The zero-order valence-electron chi connectivity index (χ0n) is 11.0. The molecule has 0 bridgehead atoms. The van der Waals surface area contributed by atoms with E-state index in [1.54, 1.807) is 0 Å². The summed E-state index contributed by atoms with van der Waals surface area (Å²) in [4.78, 5) is 0. The molecule has 0 fully saturated rings. The van der Waals surface area contributed by atoms with E-state index < -0.39 is 0 Å². The van der Waals surface area contributed by atoms with Gasteiger partial charge in [0.2, 0.25) is 0 Å². The van der Waals surface area contributed by atoms with Gasteiger partial charge in [0.05, 0.1) is 23.1 Å². The lowest BCUT2D eigenvalue weighted by atomic mass is 9.90. The minimum Gasteiger partial charge on any atom is -0.313 e. The normalized spacial score (nSPS) is 10.7. The van der Waals surface area contributed by atoms with Crippen molar-refractivity contribution in [3.05, 3.63) is 35.4 Å². The number of benzene rings is 1. The molecule has 0 radical (unpaired) electrons. The summed E-state index contributed by atoms with van der Waals surface area (Å²) < 4.78 is 0. The summed E-state index contributed by atoms with van der Waals surface area (Å²) in [6, 6.07) is 12.0. The lowest BCUT2D eigenvalue weighted by Crippen LogP contribution is -2.17. The second-order valence-corrected chi connectivity index (χ2v) is 5.08. The summed E-state index contributed by atoms with van der Waals surface area (Å²) in [6.07, 6.45) is 1.90. The first-order valence-corrected chi connectivity index (χ1v) is 6.18. The molecule has 1 aromatic rings. The number of nitrogens with one attached hydrogen (secondary N) is 1. The van der Waals surface area contributed by atoms with Crippen molar-refractivity contribution in [3.63, 3.8) is 0 Å². The Balaban J connectivity index is 2.22. The van der Waals surface area contributed by atoms with Gasteiger partial charge in [0.1, 0.15) is 0 Å². The smallest absolute Gasteiger partial charge is 0.0991 e. The molecular formula is C15H19N3. The molecule has 0 saturated heterocycles. The fourth-order valence-electron chi connectivity index (χ4n) is 1.64. The van der Waals surface area contributed by atoms with Crippen molar-refractivity contribution in [2.24, 2.45) is 5.41 Å². The van der Waals surface area contributed by atoms with Crippen LogP contribution in [0.1, 0.15) is 37.8 Å². The quantitative estimate of drug-likeness (QED) is 0.779. The molecule has 1 rings (SSSR count). The van der Waals surface area contributed by atoms with Crippen LogP contribution in [0.3, 0.4) is 0 Å². The van der Waals surface area contributed by atoms with E-state index in [0.717, 1.165) is 25.9 Å². The van der Waals surface area contributed by atoms with Crippen LogP contribution in [0.25, 0.3) is 0 Å². The zero-order valence-corrected chi connectivity index (χ0v) is 11.0. The van der Waals surface area contributed by atoms with Gasteiger partial charge >= 0.3 is 0 Å². The van der Waals surface area contributed by atoms with E-state index in [1.165, 1.54) is 5.56 Å². The Morgan fingerprint density at radius 1 is 1.17 bits per heavy atom. The predicted octanol–water partition coefficient (Wildman–Crippen LogP) is 2.98. The van der Waals surface area contributed by atoms with Crippen molar-refractivity contribution in [1.29, 1.82) is 10.5 Å². The maximum atomic E-state index is 8.88. The molecule has 0 aliphatic carbocycles. The molecule has 0 aliphatic rings. The maximum absolute atomic E-state index is 8.88. The molecule has 18 heavy (non-hydrogen) atoms. The lowest BCUT2D eigenvalue weighted by Gasteiger charge is -2.14. The van der Waals surface area contributed by atoms with E-state index in [4.69, 9.17) is 10.5 Å². The third kappa shape index (κ3) is 4.99. The van der Waals surface area contributed by atoms with E-state index in [2.05, 4.69) is 17.5 Å². The fourth-order valence-corrected chi connectivity index (χ4v) is 1.64. The highest BCUT2D eigenvalue weighted by atomic mass is 14.8. The van der Waals surface area contributed by atoms with Gasteiger partial charge in [-0.15, -0.1) is 0 Å². The van der Waals surface area contributed by atoms with E-state index in [9.17, 15) is 0 Å². The summed E-state index contributed by atoms with van der Waals surface area (Å²) in [6.45, 7) is 5.64. The lowest BCUT2D eigenvalue weighted by molar-refractivity contribution is 0.426. The highest BCUT2D eigenvalue weighted by Crippen LogP contribution is 2.19. The summed E-state index contributed by atoms with van der Waals surface area (Å²) in [5.41, 5.74) is 1.64. The molecule has 1 N–H and O–H groups in total.